The van der Waals surface area contributed by atoms with E-state index < -0.39 is 43.8 Å². The van der Waals surface area contributed by atoms with E-state index in [0.29, 0.717) is 56.1 Å². The van der Waals surface area contributed by atoms with Crippen molar-refractivity contribution in [2.75, 3.05) is 0 Å². The van der Waals surface area contributed by atoms with E-state index in [1.165, 1.54) is 66.1 Å². The van der Waals surface area contributed by atoms with Gasteiger partial charge >= 0.3 is 311 Å². The first kappa shape index (κ1) is 54.4. The molecule has 0 spiro atoms. The van der Waals surface area contributed by atoms with Crippen molar-refractivity contribution in [3.05, 3.63) is 188 Å². The van der Waals surface area contributed by atoms with Crippen LogP contribution in [0.1, 0.15) is 103 Å². The Bertz CT molecular complexity index is 2750. The van der Waals surface area contributed by atoms with Gasteiger partial charge in [0.25, 0.3) is 0 Å². The van der Waals surface area contributed by atoms with Crippen molar-refractivity contribution in [1.29, 1.82) is 0 Å². The zero-order valence-corrected chi connectivity index (χ0v) is 49.2. The Morgan fingerprint density at radius 2 is 0.809 bits per heavy atom. The third-order valence-corrected chi connectivity index (χ3v) is 26.1. The Hall–Kier alpha value is -1.43. The predicted molar refractivity (Wildman–Crippen MR) is 290 cm³/mol. The molecule has 2 nitrogen and oxygen atoms in total. The van der Waals surface area contributed by atoms with Gasteiger partial charge in [-0.05, 0) is 24.2 Å². The smallest absolute Gasteiger partial charge is 0.341 e. The molecular weight excluding hydrogens is 1140 g/mol. The molecule has 14 heteroatoms. The maximum absolute atomic E-state index is 9.89. The molecule has 6 aromatic carbocycles. The van der Waals surface area contributed by atoms with Crippen LogP contribution in [0.3, 0.4) is 0 Å². The van der Waals surface area contributed by atoms with Crippen LogP contribution in [0.25, 0.3) is 45.8 Å². The summed E-state index contributed by atoms with van der Waals surface area (Å²) in [5.74, 6) is 0.689. The molecule has 0 aromatic heterocycles. The molecule has 0 radical (unpaired) electrons. The van der Waals surface area contributed by atoms with Crippen molar-refractivity contribution in [3.8, 4) is 0 Å². The van der Waals surface area contributed by atoms with Gasteiger partial charge in [-0.2, -0.15) is 0 Å². The van der Waals surface area contributed by atoms with Crippen LogP contribution in [0.5, 0.6) is 0 Å². The average molecular weight is 1190 g/mol. The van der Waals surface area contributed by atoms with Crippen molar-refractivity contribution >= 4 is 133 Å². The Morgan fingerprint density at radius 3 is 1.22 bits per heavy atom. The summed E-state index contributed by atoms with van der Waals surface area (Å²) in [6, 6.07) is 42.7. The summed E-state index contributed by atoms with van der Waals surface area (Å²) < 4.78 is 1.03. The molecule has 0 fully saturated rings. The van der Waals surface area contributed by atoms with Crippen molar-refractivity contribution in [2.24, 2.45) is 0 Å². The van der Waals surface area contributed by atoms with Crippen LogP contribution in [0.2, 0.25) is 24.2 Å². The largest absolute Gasteiger partial charge is 1.00 e. The Balaban J connectivity index is 0.000000281. The summed E-state index contributed by atoms with van der Waals surface area (Å²) >= 11 is 33.4. The van der Waals surface area contributed by atoms with Crippen LogP contribution in [-0.2, 0) is 23.2 Å². The number of unbranched alkanes of at least 4 members (excludes halogenated alkanes) is 2. The fourth-order valence-corrected chi connectivity index (χ4v) is 21.5. The first-order valence-electron chi connectivity index (χ1n) is 22.9. The van der Waals surface area contributed by atoms with Crippen molar-refractivity contribution in [3.63, 3.8) is 0 Å². The monoisotopic (exact) mass is 1190 g/mol. The van der Waals surface area contributed by atoms with Gasteiger partial charge in [0.2, 0.25) is 0 Å². The fraction of sp³-hybridized carbons (Fsp3) is 0.259. The van der Waals surface area contributed by atoms with E-state index >= 15 is 0 Å². The molecule has 6 aromatic rings. The summed E-state index contributed by atoms with van der Waals surface area (Å²) in [4.78, 5) is 19.8. The molecule has 68 heavy (non-hydrogen) atoms. The quantitative estimate of drug-likeness (QED) is 0.0648. The second-order valence-electron chi connectivity index (χ2n) is 18.4. The molecule has 0 saturated heterocycles. The fourth-order valence-electron chi connectivity index (χ4n) is 10.8. The predicted octanol–water partition coefficient (Wildman–Crippen LogP) is 11.3. The summed E-state index contributed by atoms with van der Waals surface area (Å²) in [6.45, 7) is 4.74. The zero-order chi connectivity index (χ0) is 46.4. The van der Waals surface area contributed by atoms with Gasteiger partial charge in [-0.25, -0.2) is 0 Å². The summed E-state index contributed by atoms with van der Waals surface area (Å²) in [7, 11) is -3.12. The van der Waals surface area contributed by atoms with Crippen molar-refractivity contribution in [1.82, 2.24) is 0 Å². The van der Waals surface area contributed by atoms with Gasteiger partial charge in [0.15, 0.2) is 0 Å². The number of rotatable bonds is 14. The van der Waals surface area contributed by atoms with E-state index in [4.69, 9.17) is 66.5 Å². The maximum Gasteiger partial charge on any atom is 0.341 e. The molecule has 0 saturated carbocycles. The minimum absolute atomic E-state index is 0. The van der Waals surface area contributed by atoms with Gasteiger partial charge in [0.05, 0.1) is 0 Å². The van der Waals surface area contributed by atoms with Gasteiger partial charge in [0.1, 0.15) is 0 Å². The van der Waals surface area contributed by atoms with E-state index in [2.05, 4.69) is 159 Å². The van der Waals surface area contributed by atoms with Gasteiger partial charge in [0, 0.05) is 0 Å². The van der Waals surface area contributed by atoms with Crippen LogP contribution in [0, 0.1) is 0 Å². The molecule has 4 unspecified atom stereocenters. The Kier molecular flexibility index (Phi) is 18.2. The van der Waals surface area contributed by atoms with E-state index in [0.717, 1.165) is 12.8 Å². The summed E-state index contributed by atoms with van der Waals surface area (Å²) in [6.07, 6.45) is 12.9. The van der Waals surface area contributed by atoms with Crippen molar-refractivity contribution in [2.45, 2.75) is 82.8 Å². The van der Waals surface area contributed by atoms with E-state index in [-0.39, 0.29) is 24.8 Å². The van der Waals surface area contributed by atoms with Crippen LogP contribution in [0.15, 0.2) is 144 Å². The number of allylic oxidation sites excluding steroid dienone is 4. The molecule has 0 heterocycles. The topological polar surface area (TPSA) is 40.5 Å². The molecule has 4 aliphatic carbocycles. The molecular formula is C54H52Cl8O2Si3Zr. The molecule has 0 aliphatic heterocycles. The maximum atomic E-state index is 9.89. The van der Waals surface area contributed by atoms with Crippen LogP contribution in [0.4, 0.5) is 0 Å². The zero-order valence-electron chi connectivity index (χ0n) is 37.7. The molecule has 0 bridgehead atoms. The second-order valence-corrected chi connectivity index (χ2v) is 43.6. The molecule has 10 rings (SSSR count). The normalized spacial score (nSPS) is 19.0. The third-order valence-electron chi connectivity index (χ3n) is 13.8. The minimum Gasteiger partial charge on any atom is -1.00 e. The van der Waals surface area contributed by atoms with E-state index in [9.17, 15) is 9.59 Å². The number of hydrogen-bond donors (Lipinski definition) is 2. The summed E-state index contributed by atoms with van der Waals surface area (Å²) in [5.41, 5.74) is 18.0. The molecule has 4 atom stereocenters. The van der Waals surface area contributed by atoms with E-state index in [1.54, 1.807) is 22.3 Å². The number of fused-ring (bicyclic) bond motifs is 8. The summed E-state index contributed by atoms with van der Waals surface area (Å²) in [5, 5.41) is 5.42. The third kappa shape index (κ3) is 12.1. The minimum atomic E-state index is -3.12. The Morgan fingerprint density at radius 1 is 0.441 bits per heavy atom. The van der Waals surface area contributed by atoms with Gasteiger partial charge in [-0.1, -0.05) is 25.7 Å². The van der Waals surface area contributed by atoms with Crippen LogP contribution in [-0.4, -0.2) is 30.2 Å². The van der Waals surface area contributed by atoms with Gasteiger partial charge < -0.3 is 34.4 Å². The van der Waals surface area contributed by atoms with Crippen molar-refractivity contribution < 1.29 is 57.6 Å². The molecule has 0 amide bonds. The van der Waals surface area contributed by atoms with Crippen LogP contribution >= 0.6 is 66.5 Å². The molecule has 352 valence electrons. The van der Waals surface area contributed by atoms with Gasteiger partial charge in [-0.3, -0.25) is 0 Å². The number of benzene rings is 6. The second kappa shape index (κ2) is 22.8. The van der Waals surface area contributed by atoms with Crippen LogP contribution < -0.4 is 24.8 Å². The molecule has 4 aliphatic rings. The SMILES string of the molecule is CC1=Cc2c(ccc3ccccc23)C1C1=Cc2ccccc2[CH]1[Zr+2][CH]1C(C2C(C)=Cc3c2ccc2ccccc32)=Cc2ccccc21.O[Si](O)(CCCC[Si](Cl)(Cl)Cl)CCCC[Si](Cl)(Cl)Cl.[Cl-].[Cl-]. The standard InChI is InChI=1S/2C23H17.C8H18Cl6O2Si3.2ClH.Zr/c2*1-15-12-22-20-9-5-4-6-16(20)10-11-21(22)23(15)19-13-17-7-2-3-8-18(17)14-19;9-18(10,11)7-3-1-5-17(15,16)6-2-4-8-19(12,13)14;;;/h2*2-14,23H,1H3;15-16H,1-8H2;2*1H;/q;;;;;+2/p-2. The first-order valence-corrected chi connectivity index (χ1v) is 38.5. The Labute approximate surface area is 456 Å². The average Bonchev–Trinajstić information content (AvgIpc) is 4.03. The first-order chi connectivity index (χ1) is 31.6. The molecule has 2 N–H and O–H groups in total. The van der Waals surface area contributed by atoms with E-state index in [1.807, 2.05) is 0 Å². The number of hydrogen-bond acceptors (Lipinski definition) is 2. The number of halogens is 8. The van der Waals surface area contributed by atoms with Gasteiger partial charge in [-0.15, -0.1) is 66.5 Å².